The predicted octanol–water partition coefficient (Wildman–Crippen LogP) is 6.03. The molecule has 0 aromatic heterocycles. The molecule has 1 aliphatic carbocycles. The van der Waals surface area contributed by atoms with Crippen LogP contribution in [0.4, 0.5) is 8.78 Å². The van der Waals surface area contributed by atoms with Gasteiger partial charge in [-0.05, 0) is 76.4 Å². The summed E-state index contributed by atoms with van der Waals surface area (Å²) in [5.41, 5.74) is 4.72. The van der Waals surface area contributed by atoms with Gasteiger partial charge in [-0.3, -0.25) is 0 Å². The Morgan fingerprint density at radius 1 is 0.958 bits per heavy atom. The molecular formula is C22H18F2. The lowest BCUT2D eigenvalue weighted by molar-refractivity contribution is 0.501. The van der Waals surface area contributed by atoms with E-state index in [9.17, 15) is 8.78 Å². The third-order valence-electron chi connectivity index (χ3n) is 5.11. The van der Waals surface area contributed by atoms with Crippen LogP contribution in [0.5, 0.6) is 0 Å². The molecule has 120 valence electrons. The van der Waals surface area contributed by atoms with E-state index in [2.05, 4.69) is 36.9 Å². The fourth-order valence-electron chi connectivity index (χ4n) is 3.81. The zero-order valence-corrected chi connectivity index (χ0v) is 13.4. The average Bonchev–Trinajstić information content (AvgIpc) is 2.62. The topological polar surface area (TPSA) is 0 Å². The van der Waals surface area contributed by atoms with Gasteiger partial charge in [-0.15, -0.1) is 0 Å². The molecule has 4 rings (SSSR count). The van der Waals surface area contributed by atoms with Crippen molar-refractivity contribution in [2.75, 3.05) is 0 Å². The van der Waals surface area contributed by atoms with Gasteiger partial charge in [0.2, 0.25) is 0 Å². The Kier molecular flexibility index (Phi) is 3.68. The molecule has 0 aliphatic heterocycles. The van der Waals surface area contributed by atoms with Gasteiger partial charge in [-0.1, -0.05) is 43.0 Å². The summed E-state index contributed by atoms with van der Waals surface area (Å²) in [7, 11) is 0. The second kappa shape index (κ2) is 5.86. The van der Waals surface area contributed by atoms with Gasteiger partial charge in [0, 0.05) is 0 Å². The molecule has 0 saturated carbocycles. The van der Waals surface area contributed by atoms with Crippen molar-refractivity contribution in [1.82, 2.24) is 0 Å². The fraction of sp³-hybridized carbons (Fsp3) is 0.182. The van der Waals surface area contributed by atoms with Gasteiger partial charge in [0.1, 0.15) is 0 Å². The first kappa shape index (κ1) is 15.1. The van der Waals surface area contributed by atoms with Crippen LogP contribution < -0.4 is 0 Å². The zero-order valence-electron chi connectivity index (χ0n) is 13.4. The lowest BCUT2D eigenvalue weighted by Gasteiger charge is -2.26. The van der Waals surface area contributed by atoms with Crippen molar-refractivity contribution in [1.29, 1.82) is 0 Å². The lowest BCUT2D eigenvalue weighted by Crippen LogP contribution is -2.13. The van der Waals surface area contributed by atoms with Crippen LogP contribution in [0.2, 0.25) is 0 Å². The van der Waals surface area contributed by atoms with Crippen LogP contribution in [0, 0.1) is 11.6 Å². The molecule has 0 N–H and O–H groups in total. The number of rotatable bonds is 2. The van der Waals surface area contributed by atoms with Crippen LogP contribution in [0.1, 0.15) is 34.6 Å². The first-order chi connectivity index (χ1) is 11.7. The van der Waals surface area contributed by atoms with Gasteiger partial charge in [0.25, 0.3) is 0 Å². The summed E-state index contributed by atoms with van der Waals surface area (Å²) in [5.74, 6) is -1.29. The Morgan fingerprint density at radius 2 is 1.83 bits per heavy atom. The normalized spacial score (nSPS) is 16.8. The number of halogens is 2. The van der Waals surface area contributed by atoms with Crippen molar-refractivity contribution in [2.45, 2.75) is 25.2 Å². The van der Waals surface area contributed by atoms with E-state index in [0.29, 0.717) is 0 Å². The van der Waals surface area contributed by atoms with Crippen molar-refractivity contribution in [3.05, 3.63) is 89.0 Å². The van der Waals surface area contributed by atoms with Crippen LogP contribution in [-0.2, 0) is 12.8 Å². The number of fused-ring (bicyclic) bond motifs is 3. The summed E-state index contributed by atoms with van der Waals surface area (Å²) >= 11 is 0. The van der Waals surface area contributed by atoms with Crippen LogP contribution in [0.15, 0.2) is 55.1 Å². The summed E-state index contributed by atoms with van der Waals surface area (Å²) in [5, 5.41) is 2.53. The van der Waals surface area contributed by atoms with Gasteiger partial charge < -0.3 is 0 Å². The molecule has 3 aromatic carbocycles. The molecule has 0 amide bonds. The Morgan fingerprint density at radius 3 is 2.62 bits per heavy atom. The van der Waals surface area contributed by atoms with Crippen molar-refractivity contribution in [2.24, 2.45) is 0 Å². The minimum absolute atomic E-state index is 0.248. The molecule has 0 spiro atoms. The van der Waals surface area contributed by atoms with Gasteiger partial charge in [-0.25, -0.2) is 8.78 Å². The molecule has 0 bridgehead atoms. The van der Waals surface area contributed by atoms with Crippen molar-refractivity contribution in [3.63, 3.8) is 0 Å². The van der Waals surface area contributed by atoms with E-state index in [0.717, 1.165) is 30.4 Å². The van der Waals surface area contributed by atoms with Crippen LogP contribution in [0.3, 0.4) is 0 Å². The van der Waals surface area contributed by atoms with Gasteiger partial charge >= 0.3 is 0 Å². The zero-order chi connectivity index (χ0) is 16.7. The summed E-state index contributed by atoms with van der Waals surface area (Å²) in [6.45, 7) is 3.82. The maximum Gasteiger partial charge on any atom is 0.159 e. The van der Waals surface area contributed by atoms with Crippen LogP contribution in [-0.4, -0.2) is 0 Å². The van der Waals surface area contributed by atoms with E-state index in [1.54, 1.807) is 6.07 Å². The first-order valence-electron chi connectivity index (χ1n) is 8.27. The second-order valence-corrected chi connectivity index (χ2v) is 6.50. The Hall–Kier alpha value is -2.48. The molecule has 1 unspecified atom stereocenters. The highest BCUT2D eigenvalue weighted by Crippen LogP contribution is 2.36. The second-order valence-electron chi connectivity index (χ2n) is 6.50. The fourth-order valence-corrected chi connectivity index (χ4v) is 3.81. The van der Waals surface area contributed by atoms with E-state index in [4.69, 9.17) is 0 Å². The average molecular weight is 320 g/mol. The highest BCUT2D eigenvalue weighted by Gasteiger charge is 2.22. The van der Waals surface area contributed by atoms with Gasteiger partial charge in [0.15, 0.2) is 11.6 Å². The Bertz CT molecular complexity index is 940. The van der Waals surface area contributed by atoms with Gasteiger partial charge in [0.05, 0.1) is 0 Å². The monoisotopic (exact) mass is 320 g/mol. The smallest absolute Gasteiger partial charge is 0.159 e. The standard InChI is InChI=1S/C22H18F2/c1-2-14-3-8-19-17(11-14)4-5-18-12-15(6-9-20(18)19)16-7-10-21(23)22(24)13-16/h2-5,7-8,10-11,13,15H,1,6,9,12H2. The molecule has 3 aromatic rings. The summed E-state index contributed by atoms with van der Waals surface area (Å²) in [6.07, 6.45) is 4.65. The van der Waals surface area contributed by atoms with E-state index < -0.39 is 11.6 Å². The van der Waals surface area contributed by atoms with Crippen LogP contribution >= 0.6 is 0 Å². The maximum absolute atomic E-state index is 13.5. The largest absolute Gasteiger partial charge is 0.204 e. The summed E-state index contributed by atoms with van der Waals surface area (Å²) in [6, 6.07) is 15.0. The van der Waals surface area contributed by atoms with E-state index in [1.807, 2.05) is 6.08 Å². The highest BCUT2D eigenvalue weighted by molar-refractivity contribution is 5.88. The molecule has 0 nitrogen and oxygen atoms in total. The van der Waals surface area contributed by atoms with Crippen molar-refractivity contribution in [3.8, 4) is 0 Å². The lowest BCUT2D eigenvalue weighted by atomic mass is 9.78. The Balaban J connectivity index is 1.71. The molecule has 1 atom stereocenters. The number of hydrogen-bond acceptors (Lipinski definition) is 0. The quantitative estimate of drug-likeness (QED) is 0.540. The maximum atomic E-state index is 13.5. The van der Waals surface area contributed by atoms with E-state index in [-0.39, 0.29) is 5.92 Å². The third-order valence-corrected chi connectivity index (χ3v) is 5.11. The summed E-state index contributed by atoms with van der Waals surface area (Å²) < 4.78 is 26.7. The van der Waals surface area contributed by atoms with Gasteiger partial charge in [-0.2, -0.15) is 0 Å². The molecule has 2 heteroatoms. The number of benzene rings is 3. The molecule has 0 heterocycles. The molecule has 24 heavy (non-hydrogen) atoms. The van der Waals surface area contributed by atoms with Crippen LogP contribution in [0.25, 0.3) is 16.8 Å². The van der Waals surface area contributed by atoms with E-state index in [1.165, 1.54) is 34.0 Å². The van der Waals surface area contributed by atoms with E-state index >= 15 is 0 Å². The Labute approximate surface area is 140 Å². The highest BCUT2D eigenvalue weighted by atomic mass is 19.2. The number of hydrogen-bond donors (Lipinski definition) is 0. The SMILES string of the molecule is C=Cc1ccc2c3c(ccc2c1)CC(c1ccc(F)c(F)c1)CC3. The molecular weight excluding hydrogens is 302 g/mol. The first-order valence-corrected chi connectivity index (χ1v) is 8.27. The predicted molar refractivity (Wildman–Crippen MR) is 95.2 cm³/mol. The van der Waals surface area contributed by atoms with Crippen molar-refractivity contribution >= 4 is 16.8 Å². The molecule has 0 fully saturated rings. The molecule has 0 saturated heterocycles. The number of aryl methyl sites for hydroxylation is 1. The summed E-state index contributed by atoms with van der Waals surface area (Å²) in [4.78, 5) is 0. The minimum Gasteiger partial charge on any atom is -0.204 e. The van der Waals surface area contributed by atoms with Crippen molar-refractivity contribution < 1.29 is 8.78 Å². The molecule has 1 aliphatic rings. The minimum atomic E-state index is -0.779. The third kappa shape index (κ3) is 2.52. The molecule has 0 radical (unpaired) electrons.